The first-order chi connectivity index (χ1) is 8.72. The molecular formula is C17H15N. The fourth-order valence-electron chi connectivity index (χ4n) is 2.22. The highest BCUT2D eigenvalue weighted by Crippen LogP contribution is 2.25. The quantitative estimate of drug-likeness (QED) is 0.619. The summed E-state index contributed by atoms with van der Waals surface area (Å²) in [5.41, 5.74) is 10.2. The molecule has 3 rings (SSSR count). The van der Waals surface area contributed by atoms with Gasteiger partial charge in [-0.3, -0.25) is 0 Å². The zero-order valence-corrected chi connectivity index (χ0v) is 10.4. The topological polar surface area (TPSA) is 26.0 Å². The van der Waals surface area contributed by atoms with Crippen LogP contribution in [-0.4, -0.2) is 0 Å². The Morgan fingerprint density at radius 2 is 1.28 bits per heavy atom. The van der Waals surface area contributed by atoms with Gasteiger partial charge in [-0.05, 0) is 47.0 Å². The number of hydrogen-bond donors (Lipinski definition) is 1. The van der Waals surface area contributed by atoms with Crippen molar-refractivity contribution in [3.63, 3.8) is 0 Å². The predicted molar refractivity (Wildman–Crippen MR) is 78.5 cm³/mol. The fourth-order valence-corrected chi connectivity index (χ4v) is 2.22. The second-order valence-electron chi connectivity index (χ2n) is 4.69. The van der Waals surface area contributed by atoms with E-state index in [9.17, 15) is 0 Å². The molecule has 0 spiro atoms. The van der Waals surface area contributed by atoms with Crippen molar-refractivity contribution in [1.82, 2.24) is 0 Å². The molecule has 3 aromatic rings. The first kappa shape index (κ1) is 10.8. The van der Waals surface area contributed by atoms with Gasteiger partial charge in [0.25, 0.3) is 0 Å². The van der Waals surface area contributed by atoms with Crippen LogP contribution in [0.15, 0.2) is 60.7 Å². The number of anilines is 1. The third-order valence-electron chi connectivity index (χ3n) is 3.24. The van der Waals surface area contributed by atoms with Crippen LogP contribution in [0.3, 0.4) is 0 Å². The molecule has 0 radical (unpaired) electrons. The smallest absolute Gasteiger partial charge is 0.0314 e. The van der Waals surface area contributed by atoms with Gasteiger partial charge >= 0.3 is 0 Å². The van der Waals surface area contributed by atoms with Crippen molar-refractivity contribution in [1.29, 1.82) is 0 Å². The van der Waals surface area contributed by atoms with Crippen LogP contribution in [0.25, 0.3) is 21.9 Å². The Morgan fingerprint density at radius 3 is 2.06 bits per heavy atom. The Kier molecular flexibility index (Phi) is 2.52. The molecule has 0 amide bonds. The Hall–Kier alpha value is -2.28. The minimum Gasteiger partial charge on any atom is -0.399 e. The molecule has 0 aliphatic rings. The first-order valence-corrected chi connectivity index (χ1v) is 6.09. The van der Waals surface area contributed by atoms with Gasteiger partial charge in [0.1, 0.15) is 0 Å². The van der Waals surface area contributed by atoms with E-state index in [-0.39, 0.29) is 0 Å². The molecule has 0 bridgehead atoms. The molecule has 0 aromatic heterocycles. The number of benzene rings is 3. The third kappa shape index (κ3) is 1.95. The van der Waals surface area contributed by atoms with E-state index in [1.807, 2.05) is 12.1 Å². The van der Waals surface area contributed by atoms with Crippen LogP contribution in [0.2, 0.25) is 0 Å². The number of hydrogen-bond acceptors (Lipinski definition) is 1. The number of nitrogen functional groups attached to an aromatic ring is 1. The van der Waals surface area contributed by atoms with E-state index in [4.69, 9.17) is 5.73 Å². The van der Waals surface area contributed by atoms with E-state index in [0.717, 1.165) is 5.69 Å². The molecule has 0 saturated heterocycles. The van der Waals surface area contributed by atoms with Gasteiger partial charge in [0.15, 0.2) is 0 Å². The summed E-state index contributed by atoms with van der Waals surface area (Å²) in [6, 6.07) is 21.1. The lowest BCUT2D eigenvalue weighted by Gasteiger charge is -2.05. The number of nitrogens with two attached hydrogens (primary N) is 1. The van der Waals surface area contributed by atoms with Gasteiger partial charge in [-0.2, -0.15) is 0 Å². The lowest BCUT2D eigenvalue weighted by molar-refractivity contribution is 1.50. The van der Waals surface area contributed by atoms with Crippen molar-refractivity contribution >= 4 is 16.5 Å². The number of rotatable bonds is 1. The minimum absolute atomic E-state index is 0.801. The molecule has 0 aliphatic heterocycles. The highest BCUT2D eigenvalue weighted by molar-refractivity contribution is 5.87. The summed E-state index contributed by atoms with van der Waals surface area (Å²) < 4.78 is 0. The third-order valence-corrected chi connectivity index (χ3v) is 3.24. The van der Waals surface area contributed by atoms with Gasteiger partial charge in [0.05, 0.1) is 0 Å². The van der Waals surface area contributed by atoms with Crippen molar-refractivity contribution in [3.05, 3.63) is 66.2 Å². The van der Waals surface area contributed by atoms with Gasteiger partial charge in [-0.15, -0.1) is 0 Å². The molecule has 0 saturated carbocycles. The van der Waals surface area contributed by atoms with E-state index < -0.39 is 0 Å². The van der Waals surface area contributed by atoms with Crippen LogP contribution >= 0.6 is 0 Å². The van der Waals surface area contributed by atoms with E-state index in [2.05, 4.69) is 55.5 Å². The van der Waals surface area contributed by atoms with Crippen LogP contribution in [0, 0.1) is 6.92 Å². The molecule has 1 heteroatoms. The zero-order chi connectivity index (χ0) is 12.5. The van der Waals surface area contributed by atoms with E-state index >= 15 is 0 Å². The maximum atomic E-state index is 5.71. The van der Waals surface area contributed by atoms with Crippen molar-refractivity contribution in [2.45, 2.75) is 6.92 Å². The van der Waals surface area contributed by atoms with Crippen molar-refractivity contribution in [2.75, 3.05) is 5.73 Å². The molecule has 18 heavy (non-hydrogen) atoms. The monoisotopic (exact) mass is 233 g/mol. The SMILES string of the molecule is Cc1ccc2cc(-c3ccc(N)cc3)ccc2c1. The molecule has 1 nitrogen and oxygen atoms in total. The molecule has 88 valence electrons. The van der Waals surface area contributed by atoms with Crippen molar-refractivity contribution in [3.8, 4) is 11.1 Å². The summed E-state index contributed by atoms with van der Waals surface area (Å²) in [6.07, 6.45) is 0. The number of fused-ring (bicyclic) bond motifs is 1. The Balaban J connectivity index is 2.13. The highest BCUT2D eigenvalue weighted by atomic mass is 14.5. The van der Waals surface area contributed by atoms with Crippen LogP contribution < -0.4 is 5.73 Å². The van der Waals surface area contributed by atoms with Crippen molar-refractivity contribution < 1.29 is 0 Å². The minimum atomic E-state index is 0.801. The van der Waals surface area contributed by atoms with Gasteiger partial charge in [0.2, 0.25) is 0 Å². The van der Waals surface area contributed by atoms with E-state index in [1.165, 1.54) is 27.5 Å². The second kappa shape index (κ2) is 4.19. The average molecular weight is 233 g/mol. The summed E-state index contributed by atoms with van der Waals surface area (Å²) in [7, 11) is 0. The van der Waals surface area contributed by atoms with Crippen LogP contribution in [-0.2, 0) is 0 Å². The summed E-state index contributed by atoms with van der Waals surface area (Å²) in [4.78, 5) is 0. The molecule has 0 unspecified atom stereocenters. The maximum Gasteiger partial charge on any atom is 0.0314 e. The lowest BCUT2D eigenvalue weighted by Crippen LogP contribution is -1.84. The summed E-state index contributed by atoms with van der Waals surface area (Å²) in [6.45, 7) is 2.12. The molecule has 3 aromatic carbocycles. The molecule has 0 fully saturated rings. The zero-order valence-electron chi connectivity index (χ0n) is 10.4. The normalized spacial score (nSPS) is 10.7. The molecule has 0 atom stereocenters. The Morgan fingerprint density at radius 1 is 0.667 bits per heavy atom. The standard InChI is InChI=1S/C17H15N/c1-12-2-3-16-11-15(5-4-14(16)10-12)13-6-8-17(18)9-7-13/h2-11H,18H2,1H3. The summed E-state index contributed by atoms with van der Waals surface area (Å²) in [5.74, 6) is 0. The Bertz CT molecular complexity index is 696. The molecular weight excluding hydrogens is 218 g/mol. The van der Waals surface area contributed by atoms with Crippen LogP contribution in [0.5, 0.6) is 0 Å². The van der Waals surface area contributed by atoms with Crippen LogP contribution in [0.1, 0.15) is 5.56 Å². The van der Waals surface area contributed by atoms with E-state index in [0.29, 0.717) is 0 Å². The van der Waals surface area contributed by atoms with Gasteiger partial charge < -0.3 is 5.73 Å². The average Bonchev–Trinajstić information content (AvgIpc) is 2.39. The lowest BCUT2D eigenvalue weighted by atomic mass is 10.00. The summed E-state index contributed by atoms with van der Waals surface area (Å²) in [5, 5.41) is 2.56. The second-order valence-corrected chi connectivity index (χ2v) is 4.69. The maximum absolute atomic E-state index is 5.71. The van der Waals surface area contributed by atoms with Crippen molar-refractivity contribution in [2.24, 2.45) is 0 Å². The predicted octanol–water partition coefficient (Wildman–Crippen LogP) is 4.40. The Labute approximate surface area is 107 Å². The highest BCUT2D eigenvalue weighted by Gasteiger charge is 2.00. The van der Waals surface area contributed by atoms with Gasteiger partial charge in [-0.25, -0.2) is 0 Å². The number of aryl methyl sites for hydroxylation is 1. The first-order valence-electron chi connectivity index (χ1n) is 6.09. The fraction of sp³-hybridized carbons (Fsp3) is 0.0588. The molecule has 2 N–H and O–H groups in total. The van der Waals surface area contributed by atoms with Gasteiger partial charge in [-0.1, -0.05) is 48.0 Å². The van der Waals surface area contributed by atoms with Gasteiger partial charge in [0, 0.05) is 5.69 Å². The van der Waals surface area contributed by atoms with Crippen LogP contribution in [0.4, 0.5) is 5.69 Å². The largest absolute Gasteiger partial charge is 0.399 e. The summed E-state index contributed by atoms with van der Waals surface area (Å²) >= 11 is 0. The van der Waals surface area contributed by atoms with E-state index in [1.54, 1.807) is 0 Å². The molecule has 0 heterocycles. The molecule has 0 aliphatic carbocycles.